The van der Waals surface area contributed by atoms with Gasteiger partial charge in [0.15, 0.2) is 0 Å². The van der Waals surface area contributed by atoms with Crippen LogP contribution in [0, 0.1) is 0 Å². The number of carbonyl (C=O) groups excluding carboxylic acids is 2. The molecule has 1 aromatic carbocycles. The van der Waals surface area contributed by atoms with Gasteiger partial charge in [-0.1, -0.05) is 30.4 Å². The van der Waals surface area contributed by atoms with Gasteiger partial charge >= 0.3 is 5.97 Å². The minimum atomic E-state index is -0.360. The number of ether oxygens (including phenoxy) is 1. The summed E-state index contributed by atoms with van der Waals surface area (Å²) in [6.45, 7) is 2.53. The third-order valence-electron chi connectivity index (χ3n) is 4.73. The number of pyridine rings is 1. The first-order valence-electron chi connectivity index (χ1n) is 10.3. The second-order valence-corrected chi connectivity index (χ2v) is 7.95. The minimum Gasteiger partial charge on any atom is -0.462 e. The lowest BCUT2D eigenvalue weighted by atomic mass is 10.1. The molecule has 0 atom stereocenters. The number of esters is 1. The Kier molecular flexibility index (Phi) is 8.97. The van der Waals surface area contributed by atoms with Gasteiger partial charge in [-0.15, -0.1) is 11.8 Å². The van der Waals surface area contributed by atoms with Crippen molar-refractivity contribution in [1.82, 2.24) is 9.88 Å². The average Bonchev–Trinajstić information content (AvgIpc) is 3.32. The molecule has 0 unspecified atom stereocenters. The van der Waals surface area contributed by atoms with Gasteiger partial charge in [-0.3, -0.25) is 9.78 Å². The predicted octanol–water partition coefficient (Wildman–Crippen LogP) is 5.25. The van der Waals surface area contributed by atoms with E-state index in [2.05, 4.69) is 4.98 Å². The van der Waals surface area contributed by atoms with Crippen LogP contribution >= 0.6 is 24.0 Å². The Balaban J connectivity index is 1.71. The maximum absolute atomic E-state index is 13.0. The number of rotatable bonds is 10. The number of hydrogen-bond acceptors (Lipinski definition) is 7. The van der Waals surface area contributed by atoms with E-state index < -0.39 is 0 Å². The highest BCUT2D eigenvalue weighted by Crippen LogP contribution is 2.26. The third kappa shape index (κ3) is 6.63. The maximum atomic E-state index is 13.0. The van der Waals surface area contributed by atoms with Crippen LogP contribution in [0.5, 0.6) is 0 Å². The Morgan fingerprint density at radius 3 is 2.58 bits per heavy atom. The smallest absolute Gasteiger partial charge is 0.338 e. The van der Waals surface area contributed by atoms with E-state index in [4.69, 9.17) is 21.4 Å². The summed E-state index contributed by atoms with van der Waals surface area (Å²) >= 11 is 6.41. The number of amides is 1. The molecular formula is C25H24N2O4S2. The number of carbonyl (C=O) groups is 2. The molecule has 0 saturated carbocycles. The van der Waals surface area contributed by atoms with E-state index in [1.54, 1.807) is 49.5 Å². The number of nitrogens with zero attached hydrogens (tertiary/aromatic N) is 2. The van der Waals surface area contributed by atoms with Crippen LogP contribution in [0.2, 0.25) is 0 Å². The van der Waals surface area contributed by atoms with Gasteiger partial charge in [0.05, 0.1) is 22.6 Å². The van der Waals surface area contributed by atoms with Crippen LogP contribution < -0.4 is 0 Å². The fourth-order valence-electron chi connectivity index (χ4n) is 3.03. The molecule has 3 rings (SSSR count). The lowest BCUT2D eigenvalue weighted by molar-refractivity contribution is -0.122. The summed E-state index contributed by atoms with van der Waals surface area (Å²) < 4.78 is 10.9. The van der Waals surface area contributed by atoms with Crippen molar-refractivity contribution >= 4 is 47.4 Å². The number of thioether (sulfide) groups is 1. The highest BCUT2D eigenvalue weighted by molar-refractivity contribution is 8.03. The van der Waals surface area contributed by atoms with Crippen molar-refractivity contribution in [3.8, 4) is 11.3 Å². The highest BCUT2D eigenvalue weighted by Gasteiger charge is 2.17. The summed E-state index contributed by atoms with van der Waals surface area (Å²) in [5.41, 5.74) is 3.56. The van der Waals surface area contributed by atoms with Gasteiger partial charge in [0, 0.05) is 30.4 Å². The Labute approximate surface area is 202 Å². The number of hydrogen-bond donors (Lipinski definition) is 0. The molecule has 1 amide bonds. The van der Waals surface area contributed by atoms with Crippen molar-refractivity contribution in [3.63, 3.8) is 0 Å². The normalized spacial score (nSPS) is 11.2. The number of thiocarbonyl (C=S) groups is 1. The van der Waals surface area contributed by atoms with Crippen LogP contribution in [0.4, 0.5) is 0 Å². The SMILES string of the molecule is CCOC(=O)c1ccc(-c2ccc(/C=C(\SC)C(=O)N(C=S)CCc3ccccn3)o2)cc1. The fourth-order valence-corrected chi connectivity index (χ4v) is 3.76. The second-order valence-electron chi connectivity index (χ2n) is 6.89. The van der Waals surface area contributed by atoms with Gasteiger partial charge in [-0.2, -0.15) is 0 Å². The largest absolute Gasteiger partial charge is 0.462 e. The van der Waals surface area contributed by atoms with E-state index in [-0.39, 0.29) is 11.9 Å². The first-order valence-corrected chi connectivity index (χ1v) is 12.0. The standard InChI is InChI=1S/C25H24N2O4S2/c1-3-30-25(29)19-9-7-18(8-10-19)22-12-11-21(31-22)16-23(33-2)24(28)27(17-32)15-13-20-6-4-5-14-26-20/h4-12,14,16-17H,3,13,15H2,1-2H3/b23-16-. The molecule has 0 radical (unpaired) electrons. The molecular weight excluding hydrogens is 456 g/mol. The van der Waals surface area contributed by atoms with Crippen molar-refractivity contribution in [3.05, 3.63) is 82.7 Å². The summed E-state index contributed by atoms with van der Waals surface area (Å²) in [4.78, 5) is 31.1. The Bertz CT molecular complexity index is 1120. The fraction of sp³-hybridized carbons (Fsp3) is 0.200. The van der Waals surface area contributed by atoms with Crippen LogP contribution in [0.3, 0.4) is 0 Å². The molecule has 0 bridgehead atoms. The molecule has 8 heteroatoms. The van der Waals surface area contributed by atoms with Crippen LogP contribution in [-0.2, 0) is 16.0 Å². The zero-order chi connectivity index (χ0) is 23.6. The topological polar surface area (TPSA) is 72.6 Å². The van der Waals surface area contributed by atoms with Gasteiger partial charge < -0.3 is 14.1 Å². The zero-order valence-electron chi connectivity index (χ0n) is 18.4. The molecule has 0 N–H and O–H groups in total. The molecule has 3 aromatic rings. The zero-order valence-corrected chi connectivity index (χ0v) is 20.0. The molecule has 2 aromatic heterocycles. The van der Waals surface area contributed by atoms with Gasteiger partial charge in [-0.05, 0) is 55.7 Å². The first-order chi connectivity index (χ1) is 16.0. The molecule has 0 saturated heterocycles. The average molecular weight is 481 g/mol. The van der Waals surface area contributed by atoms with Crippen LogP contribution in [0.1, 0.15) is 28.7 Å². The van der Waals surface area contributed by atoms with Gasteiger partial charge in [0.25, 0.3) is 5.91 Å². The van der Waals surface area contributed by atoms with E-state index in [1.165, 1.54) is 22.2 Å². The Morgan fingerprint density at radius 2 is 1.94 bits per heavy atom. The van der Waals surface area contributed by atoms with Crippen molar-refractivity contribution in [2.75, 3.05) is 19.4 Å². The molecule has 0 aliphatic rings. The van der Waals surface area contributed by atoms with Gasteiger partial charge in [-0.25, -0.2) is 4.79 Å². The molecule has 170 valence electrons. The third-order valence-corrected chi connectivity index (χ3v) is 5.72. The summed E-state index contributed by atoms with van der Waals surface area (Å²) in [6.07, 6.45) is 5.87. The van der Waals surface area contributed by atoms with E-state index >= 15 is 0 Å². The van der Waals surface area contributed by atoms with Crippen molar-refractivity contribution in [2.45, 2.75) is 13.3 Å². The molecule has 0 fully saturated rings. The molecule has 0 aliphatic heterocycles. The molecule has 0 spiro atoms. The lowest BCUT2D eigenvalue weighted by Crippen LogP contribution is -2.31. The summed E-state index contributed by atoms with van der Waals surface area (Å²) in [6, 6.07) is 16.3. The molecule has 6 nitrogen and oxygen atoms in total. The van der Waals surface area contributed by atoms with Crippen molar-refractivity contribution in [2.24, 2.45) is 0 Å². The molecule has 2 heterocycles. The van der Waals surface area contributed by atoms with Gasteiger partial charge in [0.2, 0.25) is 0 Å². The van der Waals surface area contributed by atoms with Crippen molar-refractivity contribution in [1.29, 1.82) is 0 Å². The van der Waals surface area contributed by atoms with Crippen LogP contribution in [0.25, 0.3) is 17.4 Å². The van der Waals surface area contributed by atoms with E-state index in [0.717, 1.165) is 11.3 Å². The maximum Gasteiger partial charge on any atom is 0.338 e. The summed E-state index contributed by atoms with van der Waals surface area (Å²) in [5.74, 6) is 0.629. The molecule has 0 aliphatic carbocycles. The summed E-state index contributed by atoms with van der Waals surface area (Å²) in [5, 5.41) is 0. The monoisotopic (exact) mass is 480 g/mol. The number of furan rings is 1. The van der Waals surface area contributed by atoms with Crippen LogP contribution in [0.15, 0.2) is 70.1 Å². The van der Waals surface area contributed by atoms with E-state index in [9.17, 15) is 9.59 Å². The summed E-state index contributed by atoms with van der Waals surface area (Å²) in [7, 11) is 0. The number of benzene rings is 1. The van der Waals surface area contributed by atoms with E-state index in [1.807, 2.05) is 30.5 Å². The molecule has 33 heavy (non-hydrogen) atoms. The van der Waals surface area contributed by atoms with Gasteiger partial charge in [0.1, 0.15) is 11.5 Å². The van der Waals surface area contributed by atoms with E-state index in [0.29, 0.717) is 41.6 Å². The lowest BCUT2D eigenvalue weighted by Gasteiger charge is -2.17. The Morgan fingerprint density at radius 1 is 1.15 bits per heavy atom. The van der Waals surface area contributed by atoms with Crippen molar-refractivity contribution < 1.29 is 18.7 Å². The van der Waals surface area contributed by atoms with Crippen LogP contribution in [-0.4, -0.2) is 46.7 Å². The second kappa shape index (κ2) is 12.1. The number of aromatic nitrogens is 1. The predicted molar refractivity (Wildman–Crippen MR) is 135 cm³/mol. The quantitative estimate of drug-likeness (QED) is 0.223. The highest BCUT2D eigenvalue weighted by atomic mass is 32.2. The minimum absolute atomic E-state index is 0.190. The Hall–Kier alpha value is -3.23. The first kappa shape index (κ1) is 24.4.